The van der Waals surface area contributed by atoms with Crippen LogP contribution in [0.3, 0.4) is 0 Å². The van der Waals surface area contributed by atoms with E-state index in [-0.39, 0.29) is 0 Å². The van der Waals surface area contributed by atoms with E-state index in [1.807, 2.05) is 37.3 Å². The van der Waals surface area contributed by atoms with Crippen molar-refractivity contribution in [1.29, 1.82) is 0 Å². The van der Waals surface area contributed by atoms with Crippen molar-refractivity contribution < 1.29 is 9.47 Å². The van der Waals surface area contributed by atoms with Crippen LogP contribution >= 0.6 is 0 Å². The van der Waals surface area contributed by atoms with Crippen molar-refractivity contribution in [1.82, 2.24) is 4.98 Å². The number of nitrogens with one attached hydrogen (secondary N) is 1. The van der Waals surface area contributed by atoms with Crippen molar-refractivity contribution >= 4 is 11.4 Å². The Morgan fingerprint density at radius 1 is 1.25 bits per heavy atom. The molecule has 5 nitrogen and oxygen atoms in total. The third kappa shape index (κ3) is 3.54. The van der Waals surface area contributed by atoms with Gasteiger partial charge >= 0.3 is 0 Å². The molecule has 0 radical (unpaired) electrons. The zero-order chi connectivity index (χ0) is 14.4. The van der Waals surface area contributed by atoms with Crippen LogP contribution in [0.25, 0.3) is 0 Å². The van der Waals surface area contributed by atoms with Crippen LogP contribution in [0.2, 0.25) is 0 Å². The van der Waals surface area contributed by atoms with Gasteiger partial charge in [0.25, 0.3) is 0 Å². The van der Waals surface area contributed by atoms with Gasteiger partial charge in [0.2, 0.25) is 5.88 Å². The molecule has 106 valence electrons. The Labute approximate surface area is 118 Å². The first-order valence-electron chi connectivity index (χ1n) is 6.48. The highest BCUT2D eigenvalue weighted by molar-refractivity contribution is 5.61. The van der Waals surface area contributed by atoms with Crippen molar-refractivity contribution in [2.75, 3.05) is 24.8 Å². The molecule has 1 heterocycles. The molecule has 1 aromatic heterocycles. The molecular weight excluding hydrogens is 254 g/mol. The van der Waals surface area contributed by atoms with Crippen molar-refractivity contribution in [2.45, 2.75) is 13.5 Å². The van der Waals surface area contributed by atoms with Crippen LogP contribution in [-0.2, 0) is 6.54 Å². The van der Waals surface area contributed by atoms with E-state index in [9.17, 15) is 0 Å². The fourth-order valence-corrected chi connectivity index (χ4v) is 1.80. The molecule has 0 aliphatic rings. The predicted octanol–water partition coefficient (Wildman–Crippen LogP) is 2.68. The highest BCUT2D eigenvalue weighted by atomic mass is 16.5. The van der Waals surface area contributed by atoms with Gasteiger partial charge in [0, 0.05) is 30.6 Å². The minimum Gasteiger partial charge on any atom is -0.492 e. The number of benzene rings is 1. The highest BCUT2D eigenvalue weighted by Crippen LogP contribution is 2.25. The lowest BCUT2D eigenvalue weighted by Gasteiger charge is -2.11. The summed E-state index contributed by atoms with van der Waals surface area (Å²) in [7, 11) is 1.61. The first-order chi connectivity index (χ1) is 9.72. The van der Waals surface area contributed by atoms with E-state index in [0.717, 1.165) is 11.3 Å². The first-order valence-corrected chi connectivity index (χ1v) is 6.48. The third-order valence-corrected chi connectivity index (χ3v) is 2.82. The van der Waals surface area contributed by atoms with Crippen molar-refractivity contribution in [2.24, 2.45) is 0 Å². The van der Waals surface area contributed by atoms with Gasteiger partial charge in [0.15, 0.2) is 0 Å². The van der Waals surface area contributed by atoms with Crippen LogP contribution in [-0.4, -0.2) is 18.7 Å². The van der Waals surface area contributed by atoms with E-state index in [4.69, 9.17) is 15.2 Å². The van der Waals surface area contributed by atoms with E-state index in [0.29, 0.717) is 30.5 Å². The second kappa shape index (κ2) is 6.65. The molecule has 0 aliphatic heterocycles. The second-order valence-corrected chi connectivity index (χ2v) is 4.25. The Kier molecular flexibility index (Phi) is 4.65. The number of nitrogens with two attached hydrogens (primary N) is 1. The topological polar surface area (TPSA) is 69.4 Å². The van der Waals surface area contributed by atoms with Crippen LogP contribution in [0.5, 0.6) is 11.6 Å². The SMILES string of the molecule is CCOc1cc(NCc2ccnc(OC)c2)ccc1N. The van der Waals surface area contributed by atoms with Crippen molar-refractivity contribution in [3.05, 3.63) is 42.1 Å². The second-order valence-electron chi connectivity index (χ2n) is 4.25. The minimum atomic E-state index is 0.592. The van der Waals surface area contributed by atoms with Gasteiger partial charge < -0.3 is 20.5 Å². The largest absolute Gasteiger partial charge is 0.492 e. The smallest absolute Gasteiger partial charge is 0.213 e. The van der Waals surface area contributed by atoms with Gasteiger partial charge in [-0.3, -0.25) is 0 Å². The molecule has 0 atom stereocenters. The zero-order valence-corrected chi connectivity index (χ0v) is 11.7. The number of nitrogen functional groups attached to an aromatic ring is 1. The van der Waals surface area contributed by atoms with Crippen LogP contribution in [0.15, 0.2) is 36.5 Å². The standard InChI is InChI=1S/C15H19N3O2/c1-3-20-14-9-12(4-5-13(14)16)18-10-11-6-7-17-15(8-11)19-2/h4-9,18H,3,10,16H2,1-2H3. The maximum absolute atomic E-state index is 5.84. The average Bonchev–Trinajstić information content (AvgIpc) is 2.48. The number of pyridine rings is 1. The van der Waals surface area contributed by atoms with Crippen molar-refractivity contribution in [3.8, 4) is 11.6 Å². The van der Waals surface area contributed by atoms with E-state index >= 15 is 0 Å². The van der Waals surface area contributed by atoms with Crippen LogP contribution in [0.1, 0.15) is 12.5 Å². The molecule has 0 amide bonds. The number of rotatable bonds is 6. The van der Waals surface area contributed by atoms with Gasteiger partial charge in [-0.2, -0.15) is 0 Å². The molecule has 0 bridgehead atoms. The van der Waals surface area contributed by atoms with Crippen LogP contribution in [0.4, 0.5) is 11.4 Å². The fourth-order valence-electron chi connectivity index (χ4n) is 1.80. The lowest BCUT2D eigenvalue weighted by molar-refractivity contribution is 0.342. The van der Waals surface area contributed by atoms with E-state index in [1.165, 1.54) is 0 Å². The molecule has 2 aromatic rings. The number of aromatic nitrogens is 1. The quantitative estimate of drug-likeness (QED) is 0.792. The average molecular weight is 273 g/mol. The Morgan fingerprint density at radius 2 is 2.10 bits per heavy atom. The Bertz CT molecular complexity index is 573. The van der Waals surface area contributed by atoms with E-state index in [2.05, 4.69) is 10.3 Å². The summed E-state index contributed by atoms with van der Waals surface area (Å²) in [5.41, 5.74) is 8.53. The Morgan fingerprint density at radius 3 is 2.85 bits per heavy atom. The van der Waals surface area contributed by atoms with E-state index in [1.54, 1.807) is 13.3 Å². The molecular formula is C15H19N3O2. The molecule has 5 heteroatoms. The molecule has 20 heavy (non-hydrogen) atoms. The summed E-state index contributed by atoms with van der Waals surface area (Å²) in [6, 6.07) is 9.50. The molecule has 0 saturated carbocycles. The lowest BCUT2D eigenvalue weighted by atomic mass is 10.2. The van der Waals surface area contributed by atoms with Crippen LogP contribution < -0.4 is 20.5 Å². The maximum atomic E-state index is 5.84. The minimum absolute atomic E-state index is 0.592. The lowest BCUT2D eigenvalue weighted by Crippen LogP contribution is -2.02. The predicted molar refractivity (Wildman–Crippen MR) is 80.1 cm³/mol. The van der Waals surface area contributed by atoms with Crippen molar-refractivity contribution in [3.63, 3.8) is 0 Å². The number of hydrogen-bond donors (Lipinski definition) is 2. The molecule has 1 aromatic carbocycles. The molecule has 0 fully saturated rings. The molecule has 0 aliphatic carbocycles. The summed E-state index contributed by atoms with van der Waals surface area (Å²) in [6.45, 7) is 3.20. The summed E-state index contributed by atoms with van der Waals surface area (Å²) < 4.78 is 10.6. The molecule has 0 spiro atoms. The van der Waals surface area contributed by atoms with Gasteiger partial charge in [-0.25, -0.2) is 4.98 Å². The molecule has 3 N–H and O–H groups in total. The molecule has 0 unspecified atom stereocenters. The van der Waals surface area contributed by atoms with Gasteiger partial charge in [-0.15, -0.1) is 0 Å². The molecule has 2 rings (SSSR count). The zero-order valence-electron chi connectivity index (χ0n) is 11.7. The number of hydrogen-bond acceptors (Lipinski definition) is 5. The summed E-state index contributed by atoms with van der Waals surface area (Å²) in [5.74, 6) is 1.31. The van der Waals surface area contributed by atoms with Gasteiger partial charge in [-0.1, -0.05) is 0 Å². The maximum Gasteiger partial charge on any atom is 0.213 e. The van der Waals surface area contributed by atoms with Crippen LogP contribution in [0, 0.1) is 0 Å². The number of nitrogens with zero attached hydrogens (tertiary/aromatic N) is 1. The van der Waals surface area contributed by atoms with Gasteiger partial charge in [-0.05, 0) is 30.7 Å². The summed E-state index contributed by atoms with van der Waals surface area (Å²) in [4.78, 5) is 4.08. The molecule has 0 saturated heterocycles. The third-order valence-electron chi connectivity index (χ3n) is 2.82. The summed E-state index contributed by atoms with van der Waals surface area (Å²) in [5, 5.41) is 3.32. The highest BCUT2D eigenvalue weighted by Gasteiger charge is 2.02. The first kappa shape index (κ1) is 14.0. The number of anilines is 2. The van der Waals surface area contributed by atoms with E-state index < -0.39 is 0 Å². The monoisotopic (exact) mass is 273 g/mol. The summed E-state index contributed by atoms with van der Waals surface area (Å²) in [6.07, 6.45) is 1.73. The van der Waals surface area contributed by atoms with Gasteiger partial charge in [0.1, 0.15) is 5.75 Å². The van der Waals surface area contributed by atoms with Gasteiger partial charge in [0.05, 0.1) is 19.4 Å². The number of ether oxygens (including phenoxy) is 2. The summed E-state index contributed by atoms with van der Waals surface area (Å²) >= 11 is 0. The fraction of sp³-hybridized carbons (Fsp3) is 0.267. The Hall–Kier alpha value is -2.43. The Balaban J connectivity index is 2.04. The number of methoxy groups -OCH3 is 1. The normalized spacial score (nSPS) is 10.1.